The van der Waals surface area contributed by atoms with Crippen molar-refractivity contribution >= 4 is 40.4 Å². The maximum absolute atomic E-state index is 9.41. The van der Waals surface area contributed by atoms with Gasteiger partial charge in [-0.15, -0.1) is 11.3 Å². The molecule has 3 aromatic rings. The van der Waals surface area contributed by atoms with Crippen LogP contribution >= 0.6 is 34.5 Å². The molecule has 23 heavy (non-hydrogen) atoms. The van der Waals surface area contributed by atoms with E-state index < -0.39 is 0 Å². The zero-order valence-corrected chi connectivity index (χ0v) is 14.4. The van der Waals surface area contributed by atoms with Crippen molar-refractivity contribution in [2.75, 3.05) is 5.73 Å². The molecule has 0 unspecified atom stereocenters. The number of aromatic nitrogens is 1. The van der Waals surface area contributed by atoms with Crippen molar-refractivity contribution in [1.29, 1.82) is 5.26 Å². The first kappa shape index (κ1) is 15.8. The Hall–Kier alpha value is -2.06. The topological polar surface area (TPSA) is 62.7 Å². The van der Waals surface area contributed by atoms with E-state index >= 15 is 0 Å². The normalized spacial score (nSPS) is 10.5. The first-order valence-corrected chi connectivity index (χ1v) is 8.29. The molecule has 6 heteroatoms. The maximum atomic E-state index is 9.41. The van der Waals surface area contributed by atoms with Gasteiger partial charge in [0.15, 0.2) is 0 Å². The second kappa shape index (κ2) is 6.21. The number of halogens is 2. The lowest BCUT2D eigenvalue weighted by Gasteiger charge is -2.09. The van der Waals surface area contributed by atoms with E-state index in [0.29, 0.717) is 21.3 Å². The molecule has 0 aliphatic carbocycles. The molecule has 0 saturated carbocycles. The largest absolute Gasteiger partial charge is 0.383 e. The molecule has 0 saturated heterocycles. The summed E-state index contributed by atoms with van der Waals surface area (Å²) in [5, 5.41) is 10.3. The van der Waals surface area contributed by atoms with Gasteiger partial charge in [0.2, 0.25) is 0 Å². The molecule has 2 N–H and O–H groups in total. The zero-order valence-electron chi connectivity index (χ0n) is 12.1. The predicted molar refractivity (Wildman–Crippen MR) is 96.9 cm³/mol. The van der Waals surface area contributed by atoms with Crippen LogP contribution in [0.3, 0.4) is 0 Å². The number of nitrogens with two attached hydrogens (primary N) is 1. The monoisotopic (exact) mass is 359 g/mol. The molecular formula is C17H11Cl2N3S. The quantitative estimate of drug-likeness (QED) is 0.652. The minimum Gasteiger partial charge on any atom is -0.383 e. The van der Waals surface area contributed by atoms with E-state index in [2.05, 4.69) is 11.1 Å². The standard InChI is InChI=1S/C17H11Cl2N3S/c1-9-2-5-16(23-9)11-7-15(22-17(21)12(11)8-20)10-3-4-13(18)14(19)6-10/h2-7H,1H3,(H2,21,22). The molecule has 0 spiro atoms. The summed E-state index contributed by atoms with van der Waals surface area (Å²) in [5.74, 6) is 0.206. The van der Waals surface area contributed by atoms with Crippen LogP contribution in [-0.2, 0) is 0 Å². The summed E-state index contributed by atoms with van der Waals surface area (Å²) >= 11 is 13.6. The van der Waals surface area contributed by atoms with E-state index in [-0.39, 0.29) is 5.82 Å². The number of nitriles is 1. The summed E-state index contributed by atoms with van der Waals surface area (Å²) in [6, 6.07) is 13.3. The number of thiophene rings is 1. The maximum Gasteiger partial charge on any atom is 0.142 e. The summed E-state index contributed by atoms with van der Waals surface area (Å²) < 4.78 is 0. The van der Waals surface area contributed by atoms with Gasteiger partial charge in [-0.05, 0) is 37.3 Å². The molecule has 0 fully saturated rings. The summed E-state index contributed by atoms with van der Waals surface area (Å²) in [5.41, 5.74) is 8.61. The summed E-state index contributed by atoms with van der Waals surface area (Å²) in [4.78, 5) is 6.48. The highest BCUT2D eigenvalue weighted by molar-refractivity contribution is 7.15. The lowest BCUT2D eigenvalue weighted by Crippen LogP contribution is -1.99. The Kier molecular flexibility index (Phi) is 4.27. The first-order chi connectivity index (χ1) is 11.0. The first-order valence-electron chi connectivity index (χ1n) is 6.72. The van der Waals surface area contributed by atoms with Gasteiger partial charge in [0, 0.05) is 20.9 Å². The number of hydrogen-bond acceptors (Lipinski definition) is 4. The van der Waals surface area contributed by atoms with Crippen LogP contribution in [0.5, 0.6) is 0 Å². The van der Waals surface area contributed by atoms with Gasteiger partial charge in [-0.3, -0.25) is 0 Å². The highest BCUT2D eigenvalue weighted by Gasteiger charge is 2.15. The van der Waals surface area contributed by atoms with Gasteiger partial charge in [0.25, 0.3) is 0 Å². The Morgan fingerprint density at radius 2 is 1.91 bits per heavy atom. The van der Waals surface area contributed by atoms with Crippen LogP contribution in [0.15, 0.2) is 36.4 Å². The van der Waals surface area contributed by atoms with E-state index in [4.69, 9.17) is 28.9 Å². The van der Waals surface area contributed by atoms with Gasteiger partial charge in [0.1, 0.15) is 17.5 Å². The van der Waals surface area contributed by atoms with Crippen molar-refractivity contribution in [2.24, 2.45) is 0 Å². The van der Waals surface area contributed by atoms with Crippen LogP contribution in [0.2, 0.25) is 10.0 Å². The Bertz CT molecular complexity index is 941. The van der Waals surface area contributed by atoms with Gasteiger partial charge >= 0.3 is 0 Å². The van der Waals surface area contributed by atoms with Gasteiger partial charge in [-0.2, -0.15) is 5.26 Å². The zero-order chi connectivity index (χ0) is 16.6. The Morgan fingerprint density at radius 3 is 2.52 bits per heavy atom. The van der Waals surface area contributed by atoms with Crippen LogP contribution in [0.1, 0.15) is 10.4 Å². The van der Waals surface area contributed by atoms with Gasteiger partial charge in [0.05, 0.1) is 15.7 Å². The number of nitrogens with zero attached hydrogens (tertiary/aromatic N) is 2. The van der Waals surface area contributed by atoms with Gasteiger partial charge in [-0.1, -0.05) is 29.3 Å². The molecule has 1 aromatic carbocycles. The highest BCUT2D eigenvalue weighted by atomic mass is 35.5. The second-order valence-corrected chi connectivity index (χ2v) is 7.07. The molecular weight excluding hydrogens is 349 g/mol. The van der Waals surface area contributed by atoms with E-state index in [1.807, 2.05) is 31.2 Å². The number of pyridine rings is 1. The lowest BCUT2D eigenvalue weighted by atomic mass is 10.0. The third-order valence-corrected chi connectivity index (χ3v) is 5.15. The van der Waals surface area contributed by atoms with Crippen molar-refractivity contribution < 1.29 is 0 Å². The van der Waals surface area contributed by atoms with E-state index in [9.17, 15) is 5.26 Å². The van der Waals surface area contributed by atoms with Crippen molar-refractivity contribution in [2.45, 2.75) is 6.92 Å². The number of hydrogen-bond donors (Lipinski definition) is 1. The summed E-state index contributed by atoms with van der Waals surface area (Å²) in [6.07, 6.45) is 0. The van der Waals surface area contributed by atoms with Crippen LogP contribution in [0.4, 0.5) is 5.82 Å². The van der Waals surface area contributed by atoms with Crippen LogP contribution in [0, 0.1) is 18.3 Å². The van der Waals surface area contributed by atoms with E-state index in [0.717, 1.165) is 20.9 Å². The number of aryl methyl sites for hydroxylation is 1. The third-order valence-electron chi connectivity index (χ3n) is 3.38. The molecule has 2 aromatic heterocycles. The Morgan fingerprint density at radius 1 is 1.13 bits per heavy atom. The summed E-state index contributed by atoms with van der Waals surface area (Å²) in [7, 11) is 0. The molecule has 0 bridgehead atoms. The Balaban J connectivity index is 2.22. The average Bonchev–Trinajstić information content (AvgIpc) is 2.95. The van der Waals surface area contributed by atoms with Gasteiger partial charge in [-0.25, -0.2) is 4.98 Å². The minimum absolute atomic E-state index is 0.206. The fourth-order valence-corrected chi connectivity index (χ4v) is 3.45. The van der Waals surface area contributed by atoms with Crippen LogP contribution < -0.4 is 5.73 Å². The average molecular weight is 360 g/mol. The fraction of sp³-hybridized carbons (Fsp3) is 0.0588. The summed E-state index contributed by atoms with van der Waals surface area (Å²) in [6.45, 7) is 2.02. The molecule has 0 radical (unpaired) electrons. The second-order valence-electron chi connectivity index (χ2n) is 4.97. The SMILES string of the molecule is Cc1ccc(-c2cc(-c3ccc(Cl)c(Cl)c3)nc(N)c2C#N)s1. The number of benzene rings is 1. The van der Waals surface area contributed by atoms with Crippen LogP contribution in [0.25, 0.3) is 21.7 Å². The number of anilines is 1. The molecule has 0 aliphatic rings. The van der Waals surface area contributed by atoms with Crippen molar-refractivity contribution in [3.8, 4) is 27.8 Å². The molecule has 0 aliphatic heterocycles. The molecule has 3 rings (SSSR count). The number of rotatable bonds is 2. The molecule has 3 nitrogen and oxygen atoms in total. The van der Waals surface area contributed by atoms with E-state index in [1.54, 1.807) is 23.5 Å². The molecule has 114 valence electrons. The van der Waals surface area contributed by atoms with Crippen molar-refractivity contribution in [3.63, 3.8) is 0 Å². The smallest absolute Gasteiger partial charge is 0.142 e. The molecule has 2 heterocycles. The Labute approximate surface area is 147 Å². The van der Waals surface area contributed by atoms with Crippen molar-refractivity contribution in [3.05, 3.63) is 56.9 Å². The van der Waals surface area contributed by atoms with Gasteiger partial charge < -0.3 is 5.73 Å². The minimum atomic E-state index is 0.206. The lowest BCUT2D eigenvalue weighted by molar-refractivity contribution is 1.31. The van der Waals surface area contributed by atoms with Crippen molar-refractivity contribution in [1.82, 2.24) is 4.98 Å². The van der Waals surface area contributed by atoms with E-state index in [1.165, 1.54) is 0 Å². The molecule has 0 atom stereocenters. The third kappa shape index (κ3) is 3.04. The predicted octanol–water partition coefficient (Wildman–Crippen LogP) is 5.55. The fourth-order valence-electron chi connectivity index (χ4n) is 2.26. The molecule has 0 amide bonds. The van der Waals surface area contributed by atoms with Crippen LogP contribution in [-0.4, -0.2) is 4.98 Å². The highest BCUT2D eigenvalue weighted by Crippen LogP contribution is 2.36. The number of nitrogen functional groups attached to an aromatic ring is 1.